The summed E-state index contributed by atoms with van der Waals surface area (Å²) in [6.07, 6.45) is 0.606. The lowest BCUT2D eigenvalue weighted by molar-refractivity contribution is -0.137. The number of fused-ring (bicyclic) bond motifs is 1. The molecule has 0 aliphatic heterocycles. The largest absolute Gasteiger partial charge is 0.481 e. The number of benzene rings is 1. The van der Waals surface area contributed by atoms with Crippen molar-refractivity contribution < 1.29 is 9.90 Å². The molecule has 4 heteroatoms. The maximum Gasteiger partial charge on any atom is 0.303 e. The highest BCUT2D eigenvalue weighted by Crippen LogP contribution is 2.22. The Morgan fingerprint density at radius 1 is 1.42 bits per heavy atom. The topological polar surface area (TPSA) is 55.1 Å². The quantitative estimate of drug-likeness (QED) is 0.898. The van der Waals surface area contributed by atoms with Crippen molar-refractivity contribution in [2.75, 3.05) is 0 Å². The molecule has 0 amide bonds. The van der Waals surface area contributed by atoms with Crippen LogP contribution in [0.5, 0.6) is 0 Å². The van der Waals surface area contributed by atoms with Crippen LogP contribution >= 0.6 is 0 Å². The van der Waals surface area contributed by atoms with Crippen molar-refractivity contribution in [3.63, 3.8) is 0 Å². The normalized spacial score (nSPS) is 11.4. The predicted molar refractivity (Wildman–Crippen MR) is 75.5 cm³/mol. The molecule has 102 valence electrons. The molecule has 0 unspecified atom stereocenters. The van der Waals surface area contributed by atoms with E-state index in [1.165, 1.54) is 5.56 Å². The van der Waals surface area contributed by atoms with Gasteiger partial charge in [-0.1, -0.05) is 19.9 Å². The number of nitrogens with zero attached hydrogens (tertiary/aromatic N) is 2. The second-order valence-electron chi connectivity index (χ2n) is 5.07. The molecule has 2 rings (SSSR count). The summed E-state index contributed by atoms with van der Waals surface area (Å²) < 4.78 is 2.10. The molecule has 0 radical (unpaired) electrons. The summed E-state index contributed by atoms with van der Waals surface area (Å²) in [7, 11) is 0. The monoisotopic (exact) mass is 260 g/mol. The molecule has 0 saturated carbocycles. The van der Waals surface area contributed by atoms with E-state index in [2.05, 4.69) is 48.5 Å². The Labute approximate surface area is 113 Å². The lowest BCUT2D eigenvalue weighted by atomic mass is 10.0. The van der Waals surface area contributed by atoms with E-state index in [1.54, 1.807) is 0 Å². The smallest absolute Gasteiger partial charge is 0.303 e. The van der Waals surface area contributed by atoms with Crippen LogP contribution in [0.15, 0.2) is 18.2 Å². The molecule has 19 heavy (non-hydrogen) atoms. The maximum absolute atomic E-state index is 10.7. The first kappa shape index (κ1) is 13.6. The SMILES string of the molecule is CCn1c(CCC(=O)O)nc2cc(C(C)C)ccc21. The summed E-state index contributed by atoms with van der Waals surface area (Å²) >= 11 is 0. The van der Waals surface area contributed by atoms with E-state index >= 15 is 0 Å². The fourth-order valence-electron chi connectivity index (χ4n) is 2.32. The first-order chi connectivity index (χ1) is 9.02. The van der Waals surface area contributed by atoms with Crippen LogP contribution < -0.4 is 0 Å². The number of hydrogen-bond donors (Lipinski definition) is 1. The number of aromatic nitrogens is 2. The van der Waals surface area contributed by atoms with Gasteiger partial charge in [-0.25, -0.2) is 4.98 Å². The number of imidazole rings is 1. The van der Waals surface area contributed by atoms with Crippen LogP contribution in [-0.2, 0) is 17.8 Å². The Balaban J connectivity index is 2.44. The van der Waals surface area contributed by atoms with Crippen molar-refractivity contribution in [3.8, 4) is 0 Å². The second kappa shape index (κ2) is 5.43. The minimum absolute atomic E-state index is 0.125. The van der Waals surface area contributed by atoms with E-state index in [0.29, 0.717) is 12.3 Å². The Morgan fingerprint density at radius 2 is 2.16 bits per heavy atom. The number of hydrogen-bond acceptors (Lipinski definition) is 2. The molecule has 0 bridgehead atoms. The molecular formula is C15H20N2O2. The Kier molecular flexibility index (Phi) is 3.88. The van der Waals surface area contributed by atoms with Gasteiger partial charge in [-0.15, -0.1) is 0 Å². The van der Waals surface area contributed by atoms with Crippen molar-refractivity contribution in [2.45, 2.75) is 46.1 Å². The van der Waals surface area contributed by atoms with Crippen molar-refractivity contribution in [1.82, 2.24) is 9.55 Å². The molecule has 0 saturated heterocycles. The van der Waals surface area contributed by atoms with Gasteiger partial charge < -0.3 is 9.67 Å². The van der Waals surface area contributed by atoms with Crippen LogP contribution in [-0.4, -0.2) is 20.6 Å². The van der Waals surface area contributed by atoms with E-state index in [-0.39, 0.29) is 6.42 Å². The molecule has 1 N–H and O–H groups in total. The first-order valence-corrected chi connectivity index (χ1v) is 6.73. The number of carboxylic acids is 1. The van der Waals surface area contributed by atoms with Gasteiger partial charge in [0.15, 0.2) is 0 Å². The highest BCUT2D eigenvalue weighted by molar-refractivity contribution is 5.77. The number of aryl methyl sites for hydroxylation is 2. The molecule has 2 aromatic rings. The van der Waals surface area contributed by atoms with Gasteiger partial charge in [0.1, 0.15) is 5.82 Å². The van der Waals surface area contributed by atoms with Crippen LogP contribution in [0.4, 0.5) is 0 Å². The van der Waals surface area contributed by atoms with Crippen LogP contribution in [0.1, 0.15) is 44.5 Å². The fraction of sp³-hybridized carbons (Fsp3) is 0.467. The summed E-state index contributed by atoms with van der Waals surface area (Å²) in [5, 5.41) is 8.79. The van der Waals surface area contributed by atoms with Crippen molar-refractivity contribution in [2.24, 2.45) is 0 Å². The zero-order valence-corrected chi connectivity index (χ0v) is 11.7. The fourth-order valence-corrected chi connectivity index (χ4v) is 2.32. The molecular weight excluding hydrogens is 240 g/mol. The molecule has 0 spiro atoms. The molecule has 0 aliphatic rings. The maximum atomic E-state index is 10.7. The third-order valence-electron chi connectivity index (χ3n) is 3.40. The van der Waals surface area contributed by atoms with E-state index in [9.17, 15) is 4.79 Å². The zero-order valence-electron chi connectivity index (χ0n) is 11.7. The summed E-state index contributed by atoms with van der Waals surface area (Å²) in [6, 6.07) is 6.32. The Hall–Kier alpha value is -1.84. The molecule has 0 fully saturated rings. The average molecular weight is 260 g/mol. The zero-order chi connectivity index (χ0) is 14.0. The number of carboxylic acid groups (broad SMARTS) is 1. The molecule has 0 atom stereocenters. The minimum atomic E-state index is -0.780. The highest BCUT2D eigenvalue weighted by atomic mass is 16.4. The van der Waals surface area contributed by atoms with Crippen LogP contribution in [0.25, 0.3) is 11.0 Å². The van der Waals surface area contributed by atoms with E-state index < -0.39 is 5.97 Å². The minimum Gasteiger partial charge on any atom is -0.481 e. The van der Waals surface area contributed by atoms with Gasteiger partial charge in [-0.3, -0.25) is 4.79 Å². The molecule has 1 aromatic carbocycles. The number of rotatable bonds is 5. The molecule has 4 nitrogen and oxygen atoms in total. The van der Waals surface area contributed by atoms with Gasteiger partial charge in [-0.05, 0) is 30.5 Å². The number of carbonyl (C=O) groups is 1. The van der Waals surface area contributed by atoms with Gasteiger partial charge in [-0.2, -0.15) is 0 Å². The van der Waals surface area contributed by atoms with Crippen molar-refractivity contribution >= 4 is 17.0 Å². The highest BCUT2D eigenvalue weighted by Gasteiger charge is 2.12. The average Bonchev–Trinajstić information content (AvgIpc) is 2.72. The Morgan fingerprint density at radius 3 is 2.74 bits per heavy atom. The molecule has 0 aliphatic carbocycles. The van der Waals surface area contributed by atoms with Crippen LogP contribution in [0.2, 0.25) is 0 Å². The predicted octanol–water partition coefficient (Wildman–Crippen LogP) is 3.20. The van der Waals surface area contributed by atoms with E-state index in [0.717, 1.165) is 23.4 Å². The van der Waals surface area contributed by atoms with Crippen LogP contribution in [0.3, 0.4) is 0 Å². The summed E-state index contributed by atoms with van der Waals surface area (Å²) in [4.78, 5) is 15.3. The Bertz CT molecular complexity index is 599. The number of aliphatic carboxylic acids is 1. The van der Waals surface area contributed by atoms with Gasteiger partial charge in [0, 0.05) is 13.0 Å². The third kappa shape index (κ3) is 2.78. The third-order valence-corrected chi connectivity index (χ3v) is 3.40. The standard InChI is InChI=1S/C15H20N2O2/c1-4-17-13-6-5-11(10(2)3)9-12(13)16-14(17)7-8-15(18)19/h5-6,9-10H,4,7-8H2,1-3H3,(H,18,19). The van der Waals surface area contributed by atoms with E-state index in [1.807, 2.05) is 0 Å². The lowest BCUT2D eigenvalue weighted by Crippen LogP contribution is -2.05. The lowest BCUT2D eigenvalue weighted by Gasteiger charge is -2.06. The van der Waals surface area contributed by atoms with Gasteiger partial charge >= 0.3 is 5.97 Å². The summed E-state index contributed by atoms with van der Waals surface area (Å²) in [5.41, 5.74) is 3.32. The van der Waals surface area contributed by atoms with E-state index in [4.69, 9.17) is 5.11 Å². The van der Waals surface area contributed by atoms with Gasteiger partial charge in [0.05, 0.1) is 17.5 Å². The van der Waals surface area contributed by atoms with Gasteiger partial charge in [0.25, 0.3) is 0 Å². The molecule has 1 aromatic heterocycles. The van der Waals surface area contributed by atoms with Crippen LogP contribution in [0, 0.1) is 0 Å². The summed E-state index contributed by atoms with van der Waals surface area (Å²) in [6.45, 7) is 7.18. The molecule has 1 heterocycles. The first-order valence-electron chi connectivity index (χ1n) is 6.73. The van der Waals surface area contributed by atoms with Crippen molar-refractivity contribution in [3.05, 3.63) is 29.6 Å². The second-order valence-corrected chi connectivity index (χ2v) is 5.07. The summed E-state index contributed by atoms with van der Waals surface area (Å²) in [5.74, 6) is 0.553. The van der Waals surface area contributed by atoms with Crippen molar-refractivity contribution in [1.29, 1.82) is 0 Å². The van der Waals surface area contributed by atoms with Gasteiger partial charge in [0.2, 0.25) is 0 Å².